The first kappa shape index (κ1) is 26.2. The maximum absolute atomic E-state index is 13.6. The van der Waals surface area contributed by atoms with E-state index >= 15 is 0 Å². The van der Waals surface area contributed by atoms with E-state index in [0.717, 1.165) is 41.0 Å². The molecule has 0 bridgehead atoms. The molecule has 1 unspecified atom stereocenters. The molecule has 1 aliphatic carbocycles. The average Bonchev–Trinajstić information content (AvgIpc) is 3.13. The summed E-state index contributed by atoms with van der Waals surface area (Å²) in [6, 6.07) is 13.2. The predicted molar refractivity (Wildman–Crippen MR) is 137 cm³/mol. The van der Waals surface area contributed by atoms with Crippen LogP contribution in [0.1, 0.15) is 45.6 Å². The molecule has 1 heterocycles. The maximum atomic E-state index is 13.6. The van der Waals surface area contributed by atoms with E-state index in [2.05, 4.69) is 10.3 Å². The van der Waals surface area contributed by atoms with E-state index in [1.54, 1.807) is 18.2 Å². The number of amides is 1. The van der Waals surface area contributed by atoms with Gasteiger partial charge in [-0.25, -0.2) is 4.39 Å². The number of aryl methyl sites for hydroxylation is 3. The summed E-state index contributed by atoms with van der Waals surface area (Å²) < 4.78 is 44.9. The van der Waals surface area contributed by atoms with Crippen LogP contribution in [0.5, 0.6) is 0 Å². The van der Waals surface area contributed by atoms with Crippen LogP contribution in [0.2, 0.25) is 0 Å². The Morgan fingerprint density at radius 3 is 2.38 bits per heavy atom. The van der Waals surface area contributed by atoms with Gasteiger partial charge in [0.1, 0.15) is 22.2 Å². The second-order valence-electron chi connectivity index (χ2n) is 9.09. The predicted octanol–water partition coefficient (Wildman–Crippen LogP) is 4.67. The second kappa shape index (κ2) is 10.6. The zero-order valence-electron chi connectivity index (χ0n) is 20.7. The van der Waals surface area contributed by atoms with E-state index in [1.807, 2.05) is 32.9 Å². The van der Waals surface area contributed by atoms with Crippen LogP contribution in [0.3, 0.4) is 0 Å². The molecule has 0 saturated heterocycles. The summed E-state index contributed by atoms with van der Waals surface area (Å²) in [5.74, 6) is -1.72. The molecule has 2 aromatic carbocycles. The van der Waals surface area contributed by atoms with E-state index in [9.17, 15) is 22.4 Å². The van der Waals surface area contributed by atoms with Crippen LogP contribution >= 0.6 is 0 Å². The quantitative estimate of drug-likeness (QED) is 0.432. The third-order valence-corrected chi connectivity index (χ3v) is 7.51. The van der Waals surface area contributed by atoms with E-state index in [-0.39, 0.29) is 53.0 Å². The summed E-state index contributed by atoms with van der Waals surface area (Å²) in [5.41, 5.74) is 3.79. The van der Waals surface area contributed by atoms with Gasteiger partial charge in [0.2, 0.25) is 0 Å². The van der Waals surface area contributed by atoms with Crippen LogP contribution in [0.4, 0.5) is 4.39 Å². The SMILES string of the molecule is Cc1cc(C)c(C2=C(OS(=O)(=O)c3ccc(F)cc3)CC(CCNC(=O)c3ccccn3)C2=O)c(C)c1. The lowest BCUT2D eigenvalue weighted by molar-refractivity contribution is -0.116. The Kier molecular flexibility index (Phi) is 7.54. The lowest BCUT2D eigenvalue weighted by Gasteiger charge is -2.15. The lowest BCUT2D eigenvalue weighted by atomic mass is 9.90. The van der Waals surface area contributed by atoms with Gasteiger partial charge in [0.25, 0.3) is 5.91 Å². The van der Waals surface area contributed by atoms with Crippen molar-refractivity contribution in [3.63, 3.8) is 0 Å². The van der Waals surface area contributed by atoms with Crippen LogP contribution in [-0.2, 0) is 19.1 Å². The monoisotopic (exact) mass is 522 g/mol. The molecule has 0 spiro atoms. The molecule has 1 N–H and O–H groups in total. The van der Waals surface area contributed by atoms with Crippen LogP contribution in [0, 0.1) is 32.5 Å². The number of rotatable bonds is 8. The summed E-state index contributed by atoms with van der Waals surface area (Å²) in [5, 5.41) is 2.76. The molecule has 37 heavy (non-hydrogen) atoms. The fourth-order valence-corrected chi connectivity index (χ4v) is 5.62. The number of pyridine rings is 1. The first-order chi connectivity index (χ1) is 17.6. The van der Waals surface area contributed by atoms with Gasteiger partial charge in [-0.05, 0) is 80.3 Å². The molecular weight excluding hydrogens is 495 g/mol. The van der Waals surface area contributed by atoms with Crippen LogP contribution < -0.4 is 5.32 Å². The van der Waals surface area contributed by atoms with Crippen molar-refractivity contribution in [2.45, 2.75) is 38.5 Å². The molecule has 0 saturated carbocycles. The number of nitrogens with one attached hydrogen (secondary N) is 1. The number of hydrogen-bond donors (Lipinski definition) is 1. The minimum Gasteiger partial charge on any atom is -0.383 e. The number of benzene rings is 2. The molecule has 7 nitrogen and oxygen atoms in total. The fraction of sp³-hybridized carbons (Fsp3) is 0.250. The number of aromatic nitrogens is 1. The Balaban J connectivity index is 1.62. The maximum Gasteiger partial charge on any atom is 0.338 e. The van der Waals surface area contributed by atoms with Crippen molar-refractivity contribution in [1.29, 1.82) is 0 Å². The summed E-state index contributed by atoms with van der Waals surface area (Å²) >= 11 is 0. The molecule has 9 heteroatoms. The topological polar surface area (TPSA) is 102 Å². The summed E-state index contributed by atoms with van der Waals surface area (Å²) in [6.07, 6.45) is 1.86. The van der Waals surface area contributed by atoms with Crippen LogP contribution in [0.15, 0.2) is 71.4 Å². The largest absolute Gasteiger partial charge is 0.383 e. The highest BCUT2D eigenvalue weighted by atomic mass is 32.2. The Morgan fingerprint density at radius 1 is 1.08 bits per heavy atom. The number of ketones is 1. The minimum absolute atomic E-state index is 0.0467. The number of nitrogens with zero attached hydrogens (tertiary/aromatic N) is 1. The van der Waals surface area contributed by atoms with Gasteiger partial charge in [-0.3, -0.25) is 14.6 Å². The minimum atomic E-state index is -4.31. The Labute approximate surface area is 215 Å². The van der Waals surface area contributed by atoms with Gasteiger partial charge in [-0.15, -0.1) is 0 Å². The molecule has 1 amide bonds. The van der Waals surface area contributed by atoms with Gasteiger partial charge in [0, 0.05) is 25.1 Å². The number of carbonyl (C=O) groups is 2. The van der Waals surface area contributed by atoms with E-state index in [1.165, 1.54) is 6.20 Å². The van der Waals surface area contributed by atoms with Crippen LogP contribution in [0.25, 0.3) is 5.57 Å². The van der Waals surface area contributed by atoms with Crippen molar-refractivity contribution in [3.8, 4) is 0 Å². The Morgan fingerprint density at radius 2 is 1.76 bits per heavy atom. The van der Waals surface area contributed by atoms with Gasteiger partial charge in [-0.2, -0.15) is 8.42 Å². The van der Waals surface area contributed by atoms with Gasteiger partial charge in [0.05, 0.1) is 5.57 Å². The summed E-state index contributed by atoms with van der Waals surface area (Å²) in [7, 11) is -4.31. The number of allylic oxidation sites excluding steroid dienone is 2. The molecule has 1 aromatic heterocycles. The molecule has 192 valence electrons. The average molecular weight is 523 g/mol. The van der Waals surface area contributed by atoms with Crippen molar-refractivity contribution >= 4 is 27.4 Å². The number of halogens is 1. The van der Waals surface area contributed by atoms with Crippen molar-refractivity contribution in [2.75, 3.05) is 6.54 Å². The Bertz CT molecular complexity index is 1460. The molecule has 0 radical (unpaired) electrons. The molecule has 1 atom stereocenters. The summed E-state index contributed by atoms with van der Waals surface area (Å²) in [6.45, 7) is 5.87. The molecule has 4 rings (SSSR count). The lowest BCUT2D eigenvalue weighted by Crippen LogP contribution is -2.27. The van der Waals surface area contributed by atoms with E-state index < -0.39 is 21.9 Å². The molecule has 0 aliphatic heterocycles. The zero-order valence-corrected chi connectivity index (χ0v) is 21.6. The van der Waals surface area contributed by atoms with E-state index in [4.69, 9.17) is 4.18 Å². The number of Topliss-reactive ketones (excluding diaryl/α,β-unsaturated/α-hetero) is 1. The molecule has 0 fully saturated rings. The molecule has 3 aromatic rings. The second-order valence-corrected chi connectivity index (χ2v) is 10.6. The smallest absolute Gasteiger partial charge is 0.338 e. The fourth-order valence-electron chi connectivity index (χ4n) is 4.64. The van der Waals surface area contributed by atoms with Gasteiger partial charge < -0.3 is 9.50 Å². The van der Waals surface area contributed by atoms with Gasteiger partial charge in [-0.1, -0.05) is 23.8 Å². The van der Waals surface area contributed by atoms with Crippen LogP contribution in [-0.4, -0.2) is 31.6 Å². The number of carbonyl (C=O) groups excluding carboxylic acids is 2. The summed E-state index contributed by atoms with van der Waals surface area (Å²) in [4.78, 5) is 29.8. The van der Waals surface area contributed by atoms with E-state index in [0.29, 0.717) is 5.56 Å². The number of hydrogen-bond acceptors (Lipinski definition) is 6. The molecule has 1 aliphatic rings. The third kappa shape index (κ3) is 5.77. The van der Waals surface area contributed by atoms with Crippen molar-refractivity contribution in [1.82, 2.24) is 10.3 Å². The first-order valence-electron chi connectivity index (χ1n) is 11.8. The van der Waals surface area contributed by atoms with Crippen molar-refractivity contribution in [3.05, 3.63) is 100 Å². The highest BCUT2D eigenvalue weighted by molar-refractivity contribution is 7.86. The highest BCUT2D eigenvalue weighted by Crippen LogP contribution is 2.41. The van der Waals surface area contributed by atoms with Gasteiger partial charge in [0.15, 0.2) is 5.78 Å². The standard InChI is InChI=1S/C28H27FN2O5S/c1-17-14-18(2)25(19(3)15-17)26-24(36-37(34,35)22-9-7-21(29)8-10-22)16-20(27(26)32)11-13-31-28(33)23-6-4-5-12-30-23/h4-10,12,14-15,20H,11,13,16H2,1-3H3,(H,31,33). The first-order valence-corrected chi connectivity index (χ1v) is 13.2. The highest BCUT2D eigenvalue weighted by Gasteiger charge is 2.38. The van der Waals surface area contributed by atoms with Gasteiger partial charge >= 0.3 is 10.1 Å². The zero-order chi connectivity index (χ0) is 26.7. The normalized spacial score (nSPS) is 15.7. The Hall–Kier alpha value is -3.85. The molecular formula is C28H27FN2O5S. The van der Waals surface area contributed by atoms with Crippen molar-refractivity contribution in [2.24, 2.45) is 5.92 Å². The third-order valence-electron chi connectivity index (χ3n) is 6.24. The van der Waals surface area contributed by atoms with Crippen molar-refractivity contribution < 1.29 is 26.6 Å².